The van der Waals surface area contributed by atoms with E-state index >= 15 is 0 Å². The lowest BCUT2D eigenvalue weighted by Crippen LogP contribution is -2.14. The van der Waals surface area contributed by atoms with Crippen LogP contribution in [-0.2, 0) is 4.79 Å². The topological polar surface area (TPSA) is 71.3 Å². The van der Waals surface area contributed by atoms with Crippen LogP contribution in [0.5, 0.6) is 11.5 Å². The highest BCUT2D eigenvalue weighted by atomic mass is 35.5. The standard InChI is InChI=1S/C20H18Cl2N2O3/c1-12(2)27-19-13(6-4-9-17(19)26-3)10-14(11-23)20(25)24-16-8-5-7-15(21)18(16)22/h4-10,12H,1-3H3,(H,24,25). The summed E-state index contributed by atoms with van der Waals surface area (Å²) in [5.41, 5.74) is 0.749. The lowest BCUT2D eigenvalue weighted by Gasteiger charge is -2.16. The number of hydrogen-bond donors (Lipinski definition) is 1. The molecule has 7 heteroatoms. The van der Waals surface area contributed by atoms with E-state index < -0.39 is 5.91 Å². The summed E-state index contributed by atoms with van der Waals surface area (Å²) in [6, 6.07) is 12.0. The first kappa shape index (κ1) is 20.6. The molecule has 0 aliphatic heterocycles. The molecule has 1 N–H and O–H groups in total. The van der Waals surface area contributed by atoms with Gasteiger partial charge in [0.1, 0.15) is 11.6 Å². The number of amides is 1. The third kappa shape index (κ3) is 5.16. The van der Waals surface area contributed by atoms with E-state index in [4.69, 9.17) is 32.7 Å². The molecule has 140 valence electrons. The molecule has 0 atom stereocenters. The molecule has 0 heterocycles. The smallest absolute Gasteiger partial charge is 0.266 e. The predicted octanol–water partition coefficient (Wildman–Crippen LogP) is 5.33. The molecular formula is C20H18Cl2N2O3. The quantitative estimate of drug-likeness (QED) is 0.521. The molecule has 0 aromatic heterocycles. The Balaban J connectivity index is 2.39. The van der Waals surface area contributed by atoms with Crippen LogP contribution in [0.25, 0.3) is 6.08 Å². The van der Waals surface area contributed by atoms with Crippen molar-refractivity contribution in [1.29, 1.82) is 5.26 Å². The van der Waals surface area contributed by atoms with E-state index in [2.05, 4.69) is 5.32 Å². The fourth-order valence-electron chi connectivity index (χ4n) is 2.26. The van der Waals surface area contributed by atoms with Crippen molar-refractivity contribution in [2.75, 3.05) is 12.4 Å². The van der Waals surface area contributed by atoms with Gasteiger partial charge in [0.2, 0.25) is 0 Å². The Labute approximate surface area is 168 Å². The first-order valence-corrected chi connectivity index (χ1v) is 8.83. The van der Waals surface area contributed by atoms with Gasteiger partial charge in [0.05, 0.1) is 28.9 Å². The third-order valence-electron chi connectivity index (χ3n) is 3.45. The molecule has 0 spiro atoms. The second-order valence-corrected chi connectivity index (χ2v) is 6.56. The molecule has 0 unspecified atom stereocenters. The number of para-hydroxylation sites is 1. The molecule has 2 rings (SSSR count). The van der Waals surface area contributed by atoms with E-state index in [1.807, 2.05) is 19.9 Å². The highest BCUT2D eigenvalue weighted by molar-refractivity contribution is 6.44. The second kappa shape index (κ2) is 9.31. The molecule has 0 saturated carbocycles. The van der Waals surface area contributed by atoms with Gasteiger partial charge in [-0.3, -0.25) is 4.79 Å². The first-order chi connectivity index (χ1) is 12.9. The Morgan fingerprint density at radius 1 is 1.22 bits per heavy atom. The molecule has 1 amide bonds. The van der Waals surface area contributed by atoms with Gasteiger partial charge in [-0.2, -0.15) is 5.26 Å². The minimum Gasteiger partial charge on any atom is -0.493 e. The lowest BCUT2D eigenvalue weighted by molar-refractivity contribution is -0.112. The Morgan fingerprint density at radius 2 is 1.93 bits per heavy atom. The Morgan fingerprint density at radius 3 is 2.56 bits per heavy atom. The molecule has 2 aromatic carbocycles. The zero-order valence-electron chi connectivity index (χ0n) is 15.0. The van der Waals surface area contributed by atoms with Crippen LogP contribution < -0.4 is 14.8 Å². The van der Waals surface area contributed by atoms with Gasteiger partial charge in [-0.25, -0.2) is 0 Å². The lowest BCUT2D eigenvalue weighted by atomic mass is 10.1. The largest absolute Gasteiger partial charge is 0.493 e. The molecule has 2 aromatic rings. The number of nitrogens with one attached hydrogen (secondary N) is 1. The highest BCUT2D eigenvalue weighted by Crippen LogP contribution is 2.34. The van der Waals surface area contributed by atoms with Crippen molar-refractivity contribution >= 4 is 40.9 Å². The van der Waals surface area contributed by atoms with Crippen LogP contribution in [0, 0.1) is 11.3 Å². The molecule has 0 aliphatic rings. The van der Waals surface area contributed by atoms with E-state index in [0.717, 1.165) is 0 Å². The van der Waals surface area contributed by atoms with Gasteiger partial charge in [-0.05, 0) is 38.1 Å². The molecule has 0 aliphatic carbocycles. The average Bonchev–Trinajstić information content (AvgIpc) is 2.63. The number of carbonyl (C=O) groups excluding carboxylic acids is 1. The fraction of sp³-hybridized carbons (Fsp3) is 0.200. The summed E-state index contributed by atoms with van der Waals surface area (Å²) in [6.07, 6.45) is 1.33. The predicted molar refractivity (Wildman–Crippen MR) is 107 cm³/mol. The summed E-state index contributed by atoms with van der Waals surface area (Å²) < 4.78 is 11.1. The maximum atomic E-state index is 12.5. The maximum absolute atomic E-state index is 12.5. The van der Waals surface area contributed by atoms with Crippen LogP contribution in [0.2, 0.25) is 10.0 Å². The second-order valence-electron chi connectivity index (χ2n) is 5.77. The number of hydrogen-bond acceptors (Lipinski definition) is 4. The minimum atomic E-state index is -0.611. The normalized spacial score (nSPS) is 11.1. The number of ether oxygens (including phenoxy) is 2. The van der Waals surface area contributed by atoms with E-state index in [1.54, 1.807) is 36.4 Å². The Bertz CT molecular complexity index is 918. The monoisotopic (exact) mass is 404 g/mol. The van der Waals surface area contributed by atoms with E-state index in [9.17, 15) is 10.1 Å². The number of benzene rings is 2. The van der Waals surface area contributed by atoms with Crippen molar-refractivity contribution in [1.82, 2.24) is 0 Å². The molecule has 0 radical (unpaired) electrons. The van der Waals surface area contributed by atoms with Crippen LogP contribution >= 0.6 is 23.2 Å². The van der Waals surface area contributed by atoms with Crippen LogP contribution in [0.1, 0.15) is 19.4 Å². The van der Waals surface area contributed by atoms with Crippen molar-refractivity contribution in [3.05, 3.63) is 57.6 Å². The summed E-state index contributed by atoms with van der Waals surface area (Å²) in [7, 11) is 1.52. The highest BCUT2D eigenvalue weighted by Gasteiger charge is 2.16. The molecule has 27 heavy (non-hydrogen) atoms. The summed E-state index contributed by atoms with van der Waals surface area (Å²) in [5, 5.41) is 12.5. The van der Waals surface area contributed by atoms with E-state index in [-0.39, 0.29) is 16.7 Å². The van der Waals surface area contributed by atoms with Crippen LogP contribution in [0.15, 0.2) is 42.0 Å². The van der Waals surface area contributed by atoms with Crippen molar-refractivity contribution in [2.45, 2.75) is 20.0 Å². The zero-order chi connectivity index (χ0) is 20.0. The molecule has 0 fully saturated rings. The van der Waals surface area contributed by atoms with Gasteiger partial charge in [-0.1, -0.05) is 41.4 Å². The maximum Gasteiger partial charge on any atom is 0.266 e. The minimum absolute atomic E-state index is 0.113. The van der Waals surface area contributed by atoms with Gasteiger partial charge >= 0.3 is 0 Å². The summed E-state index contributed by atoms with van der Waals surface area (Å²) >= 11 is 12.0. The number of halogens is 2. The average molecular weight is 405 g/mol. The van der Waals surface area contributed by atoms with Crippen molar-refractivity contribution in [2.24, 2.45) is 0 Å². The van der Waals surface area contributed by atoms with Crippen molar-refractivity contribution in [3.8, 4) is 17.6 Å². The van der Waals surface area contributed by atoms with Gasteiger partial charge in [0.15, 0.2) is 11.5 Å². The molecule has 0 saturated heterocycles. The first-order valence-electron chi connectivity index (χ1n) is 8.08. The van der Waals surface area contributed by atoms with Crippen LogP contribution in [-0.4, -0.2) is 19.1 Å². The van der Waals surface area contributed by atoms with E-state index in [1.165, 1.54) is 13.2 Å². The Hall–Kier alpha value is -2.68. The van der Waals surface area contributed by atoms with Gasteiger partial charge in [0, 0.05) is 5.56 Å². The summed E-state index contributed by atoms with van der Waals surface area (Å²) in [5.74, 6) is 0.351. The zero-order valence-corrected chi connectivity index (χ0v) is 16.6. The fourth-order valence-corrected chi connectivity index (χ4v) is 2.61. The van der Waals surface area contributed by atoms with Gasteiger partial charge in [-0.15, -0.1) is 0 Å². The third-order valence-corrected chi connectivity index (χ3v) is 4.27. The van der Waals surface area contributed by atoms with E-state index in [0.29, 0.717) is 27.8 Å². The number of nitrogens with zero attached hydrogens (tertiary/aromatic N) is 1. The Kier molecular flexibility index (Phi) is 7.12. The van der Waals surface area contributed by atoms with Gasteiger partial charge < -0.3 is 14.8 Å². The van der Waals surface area contributed by atoms with Crippen LogP contribution in [0.3, 0.4) is 0 Å². The van der Waals surface area contributed by atoms with Crippen molar-refractivity contribution in [3.63, 3.8) is 0 Å². The molecular weight excluding hydrogens is 387 g/mol. The number of rotatable bonds is 6. The van der Waals surface area contributed by atoms with Crippen LogP contribution in [0.4, 0.5) is 5.69 Å². The summed E-state index contributed by atoms with van der Waals surface area (Å²) in [4.78, 5) is 12.5. The molecule has 0 bridgehead atoms. The number of anilines is 1. The number of methoxy groups -OCH3 is 1. The SMILES string of the molecule is COc1cccc(C=C(C#N)C(=O)Nc2cccc(Cl)c2Cl)c1OC(C)C. The van der Waals surface area contributed by atoms with Crippen molar-refractivity contribution < 1.29 is 14.3 Å². The number of carbonyl (C=O) groups is 1. The summed E-state index contributed by atoms with van der Waals surface area (Å²) in [6.45, 7) is 3.75. The van der Waals surface area contributed by atoms with Gasteiger partial charge in [0.25, 0.3) is 5.91 Å². The molecule has 5 nitrogen and oxygen atoms in total. The number of nitriles is 1.